The van der Waals surface area contributed by atoms with E-state index in [1.54, 1.807) is 4.90 Å². The van der Waals surface area contributed by atoms with Crippen molar-refractivity contribution in [2.24, 2.45) is 0 Å². The summed E-state index contributed by atoms with van der Waals surface area (Å²) in [4.78, 5) is 1.57. The van der Waals surface area contributed by atoms with Crippen molar-refractivity contribution < 1.29 is 28.3 Å². The molecule has 1 saturated heterocycles. The van der Waals surface area contributed by atoms with Gasteiger partial charge in [-0.1, -0.05) is 0 Å². The van der Waals surface area contributed by atoms with Gasteiger partial charge in [0.15, 0.2) is 5.82 Å². The van der Waals surface area contributed by atoms with Crippen LogP contribution in [0.25, 0.3) is 0 Å². The highest BCUT2D eigenvalue weighted by Crippen LogP contribution is 2.42. The van der Waals surface area contributed by atoms with Gasteiger partial charge < -0.3 is 4.74 Å². The predicted octanol–water partition coefficient (Wildman–Crippen LogP) is 1.66. The van der Waals surface area contributed by atoms with Gasteiger partial charge in [-0.05, 0) is 6.07 Å². The first-order valence-electron chi connectivity index (χ1n) is 6.08. The molecule has 110 valence electrons. The summed E-state index contributed by atoms with van der Waals surface area (Å²) in [6.07, 6.45) is -1.96. The molecule has 0 unspecified atom stereocenters. The highest BCUT2D eigenvalue weighted by molar-refractivity contribution is 5.54. The van der Waals surface area contributed by atoms with E-state index in [0.29, 0.717) is 30.8 Å². The van der Waals surface area contributed by atoms with Crippen LogP contribution in [-0.4, -0.2) is 47.0 Å². The van der Waals surface area contributed by atoms with Crippen LogP contribution in [0.2, 0.25) is 0 Å². The van der Waals surface area contributed by atoms with Gasteiger partial charge in [0.25, 0.3) is 6.43 Å². The number of ether oxygens (including phenoxy) is 1. The van der Waals surface area contributed by atoms with E-state index in [1.165, 1.54) is 6.07 Å². The lowest BCUT2D eigenvalue weighted by atomic mass is 9.89. The summed E-state index contributed by atoms with van der Waals surface area (Å²) < 4.78 is 43.7. The molecule has 0 amide bonds. The van der Waals surface area contributed by atoms with Crippen LogP contribution >= 0.6 is 0 Å². The van der Waals surface area contributed by atoms with E-state index in [9.17, 15) is 13.2 Å². The Labute approximate surface area is 112 Å². The Bertz CT molecular complexity index is 533. The SMILES string of the molecule is ON(O)c1cc2c(cc1F)OC1(C2)CN(CC(F)F)C1. The summed E-state index contributed by atoms with van der Waals surface area (Å²) in [7, 11) is 0. The summed E-state index contributed by atoms with van der Waals surface area (Å²) >= 11 is 0. The fourth-order valence-electron chi connectivity index (χ4n) is 2.86. The smallest absolute Gasteiger partial charge is 0.251 e. The van der Waals surface area contributed by atoms with E-state index in [2.05, 4.69) is 0 Å². The molecule has 2 aliphatic heterocycles. The van der Waals surface area contributed by atoms with Crippen LogP contribution < -0.4 is 9.96 Å². The zero-order chi connectivity index (χ0) is 14.5. The lowest BCUT2D eigenvalue weighted by molar-refractivity contribution is -0.0812. The van der Waals surface area contributed by atoms with Crippen LogP contribution in [0.5, 0.6) is 5.75 Å². The third-order valence-corrected chi connectivity index (χ3v) is 3.60. The molecule has 3 rings (SSSR count). The van der Waals surface area contributed by atoms with Gasteiger partial charge in [0.05, 0.1) is 6.54 Å². The largest absolute Gasteiger partial charge is 0.484 e. The molecule has 2 N–H and O–H groups in total. The van der Waals surface area contributed by atoms with Gasteiger partial charge in [0, 0.05) is 31.1 Å². The first-order valence-corrected chi connectivity index (χ1v) is 6.08. The fourth-order valence-corrected chi connectivity index (χ4v) is 2.86. The minimum atomic E-state index is -2.39. The minimum absolute atomic E-state index is 0.287. The van der Waals surface area contributed by atoms with Gasteiger partial charge in [0.2, 0.25) is 0 Å². The molecule has 8 heteroatoms. The van der Waals surface area contributed by atoms with E-state index >= 15 is 0 Å². The number of halogens is 3. The van der Waals surface area contributed by atoms with Crippen LogP contribution in [0, 0.1) is 5.82 Å². The molecule has 5 nitrogen and oxygen atoms in total. The summed E-state index contributed by atoms with van der Waals surface area (Å²) in [5.74, 6) is -0.501. The number of nitrogens with zero attached hydrogens (tertiary/aromatic N) is 2. The monoisotopic (exact) mass is 290 g/mol. The number of benzene rings is 1. The number of hydrogen-bond donors (Lipinski definition) is 2. The number of rotatable bonds is 3. The summed E-state index contributed by atoms with van der Waals surface area (Å²) in [6.45, 7) is 0.401. The predicted molar refractivity (Wildman–Crippen MR) is 62.0 cm³/mol. The Balaban J connectivity index is 1.74. The van der Waals surface area contributed by atoms with Gasteiger partial charge in [0.1, 0.15) is 17.0 Å². The van der Waals surface area contributed by atoms with Crippen LogP contribution in [0.1, 0.15) is 5.56 Å². The standard InChI is InChI=1S/C12H13F3N2O3/c13-8-2-10-7(1-9(8)17(18)19)3-12(20-10)5-16(6-12)4-11(14)15/h1-2,11,18-19H,3-6H2. The Kier molecular flexibility index (Phi) is 3.03. The number of hydrogen-bond acceptors (Lipinski definition) is 5. The Morgan fingerprint density at radius 1 is 1.35 bits per heavy atom. The second-order valence-electron chi connectivity index (χ2n) is 5.22. The van der Waals surface area contributed by atoms with Crippen LogP contribution in [0.3, 0.4) is 0 Å². The molecule has 1 spiro atoms. The van der Waals surface area contributed by atoms with Crippen LogP contribution in [0.15, 0.2) is 12.1 Å². The van der Waals surface area contributed by atoms with Gasteiger partial charge >= 0.3 is 0 Å². The van der Waals surface area contributed by atoms with Crippen molar-refractivity contribution in [1.29, 1.82) is 0 Å². The van der Waals surface area contributed by atoms with Crippen molar-refractivity contribution >= 4 is 5.69 Å². The van der Waals surface area contributed by atoms with E-state index in [0.717, 1.165) is 6.07 Å². The molecule has 1 aromatic rings. The summed E-state index contributed by atoms with van der Waals surface area (Å²) in [6, 6.07) is 2.36. The molecule has 0 radical (unpaired) electrons. The average Bonchev–Trinajstić information content (AvgIpc) is 2.64. The van der Waals surface area contributed by atoms with E-state index < -0.39 is 17.8 Å². The molecule has 1 aromatic carbocycles. The molecule has 1 fully saturated rings. The number of alkyl halides is 2. The first kappa shape index (κ1) is 13.5. The van der Waals surface area contributed by atoms with Gasteiger partial charge in [-0.15, -0.1) is 5.23 Å². The second-order valence-corrected chi connectivity index (χ2v) is 5.22. The average molecular weight is 290 g/mol. The lowest BCUT2D eigenvalue weighted by Gasteiger charge is -2.46. The first-order chi connectivity index (χ1) is 9.38. The van der Waals surface area contributed by atoms with Crippen molar-refractivity contribution in [3.8, 4) is 5.75 Å². The molecule has 0 aliphatic carbocycles. The zero-order valence-electron chi connectivity index (χ0n) is 10.4. The number of anilines is 1. The molecule has 0 saturated carbocycles. The van der Waals surface area contributed by atoms with E-state index in [4.69, 9.17) is 15.2 Å². The normalized spacial score (nSPS) is 19.9. The van der Waals surface area contributed by atoms with Crippen molar-refractivity contribution in [3.63, 3.8) is 0 Å². The third kappa shape index (κ3) is 2.19. The highest BCUT2D eigenvalue weighted by atomic mass is 19.3. The Morgan fingerprint density at radius 3 is 2.65 bits per heavy atom. The quantitative estimate of drug-likeness (QED) is 0.829. The molecular weight excluding hydrogens is 277 g/mol. The van der Waals surface area contributed by atoms with Crippen molar-refractivity contribution in [3.05, 3.63) is 23.5 Å². The number of likely N-dealkylation sites (tertiary alicyclic amines) is 1. The topological polar surface area (TPSA) is 56.2 Å². The molecule has 2 aliphatic rings. The maximum atomic E-state index is 13.6. The molecule has 0 aromatic heterocycles. The molecule has 0 atom stereocenters. The van der Waals surface area contributed by atoms with Crippen molar-refractivity contribution in [1.82, 2.24) is 4.90 Å². The summed E-state index contributed by atoms with van der Waals surface area (Å²) in [5.41, 5.74) is -0.336. The minimum Gasteiger partial charge on any atom is -0.484 e. The van der Waals surface area contributed by atoms with Crippen molar-refractivity contribution in [2.45, 2.75) is 18.4 Å². The van der Waals surface area contributed by atoms with Gasteiger partial charge in [-0.25, -0.2) is 13.2 Å². The maximum absolute atomic E-state index is 13.6. The third-order valence-electron chi connectivity index (χ3n) is 3.60. The number of fused-ring (bicyclic) bond motifs is 1. The zero-order valence-corrected chi connectivity index (χ0v) is 10.4. The molecular formula is C12H13F3N2O3. The van der Waals surface area contributed by atoms with E-state index in [1.807, 2.05) is 0 Å². The van der Waals surface area contributed by atoms with Crippen molar-refractivity contribution in [2.75, 3.05) is 24.9 Å². The molecule has 2 heterocycles. The summed E-state index contributed by atoms with van der Waals surface area (Å²) in [5, 5.41) is 17.5. The van der Waals surface area contributed by atoms with Crippen LogP contribution in [-0.2, 0) is 6.42 Å². The van der Waals surface area contributed by atoms with E-state index in [-0.39, 0.29) is 17.5 Å². The fraction of sp³-hybridized carbons (Fsp3) is 0.500. The maximum Gasteiger partial charge on any atom is 0.251 e. The van der Waals surface area contributed by atoms with Gasteiger partial charge in [-0.3, -0.25) is 15.3 Å². The molecule has 0 bridgehead atoms. The Morgan fingerprint density at radius 2 is 2.05 bits per heavy atom. The highest BCUT2D eigenvalue weighted by Gasteiger charge is 2.50. The molecule has 20 heavy (non-hydrogen) atoms. The van der Waals surface area contributed by atoms with Crippen LogP contribution in [0.4, 0.5) is 18.9 Å². The van der Waals surface area contributed by atoms with Gasteiger partial charge in [-0.2, -0.15) is 0 Å². The lowest BCUT2D eigenvalue weighted by Crippen LogP contribution is -2.65. The second kappa shape index (κ2) is 4.51. The Hall–Kier alpha value is -1.51.